The third-order valence-corrected chi connectivity index (χ3v) is 4.28. The first kappa shape index (κ1) is 15.7. The van der Waals surface area contributed by atoms with E-state index in [0.717, 1.165) is 11.8 Å². The molecule has 21 heavy (non-hydrogen) atoms. The van der Waals surface area contributed by atoms with Crippen molar-refractivity contribution in [1.82, 2.24) is 9.88 Å². The lowest BCUT2D eigenvalue weighted by molar-refractivity contribution is -0.146. The molecule has 1 N–H and O–H groups in total. The summed E-state index contributed by atoms with van der Waals surface area (Å²) in [7, 11) is 0. The van der Waals surface area contributed by atoms with Gasteiger partial charge in [0.15, 0.2) is 0 Å². The molecule has 0 bridgehead atoms. The second-order valence-corrected chi connectivity index (χ2v) is 6.51. The Morgan fingerprint density at radius 2 is 2.19 bits per heavy atom. The third kappa shape index (κ3) is 3.30. The van der Waals surface area contributed by atoms with Crippen LogP contribution in [0.3, 0.4) is 0 Å². The number of thioether (sulfide) groups is 1. The Hall–Kier alpha value is -1.73. The van der Waals surface area contributed by atoms with Crippen molar-refractivity contribution in [2.75, 3.05) is 0 Å². The predicted octanol–water partition coefficient (Wildman–Crippen LogP) is 2.39. The summed E-state index contributed by atoms with van der Waals surface area (Å²) in [5.74, 6) is -1.67. The molecule has 0 radical (unpaired) electrons. The minimum atomic E-state index is -1.06. The van der Waals surface area contributed by atoms with Crippen molar-refractivity contribution in [1.29, 1.82) is 0 Å². The van der Waals surface area contributed by atoms with Crippen molar-refractivity contribution in [2.45, 2.75) is 19.9 Å². The van der Waals surface area contributed by atoms with Gasteiger partial charge in [-0.15, -0.1) is 0 Å². The number of hydrogen-bond donors (Lipinski definition) is 1. The van der Waals surface area contributed by atoms with Gasteiger partial charge >= 0.3 is 5.97 Å². The Kier molecular flexibility index (Phi) is 4.74. The smallest absolute Gasteiger partial charge is 0.327 e. The van der Waals surface area contributed by atoms with Crippen LogP contribution >= 0.6 is 24.0 Å². The monoisotopic (exact) mass is 322 g/mol. The van der Waals surface area contributed by atoms with Crippen LogP contribution in [0.2, 0.25) is 0 Å². The zero-order chi connectivity index (χ0) is 15.6. The van der Waals surface area contributed by atoms with E-state index in [1.165, 1.54) is 4.90 Å². The summed E-state index contributed by atoms with van der Waals surface area (Å²) in [5.41, 5.74) is 0.634. The number of rotatable bonds is 4. The van der Waals surface area contributed by atoms with Crippen LogP contribution in [0, 0.1) is 5.92 Å². The largest absolute Gasteiger partial charge is 0.480 e. The number of amides is 1. The van der Waals surface area contributed by atoms with E-state index in [2.05, 4.69) is 4.98 Å². The fourth-order valence-electron chi connectivity index (χ4n) is 2.01. The van der Waals surface area contributed by atoms with Crippen molar-refractivity contribution in [3.8, 4) is 0 Å². The SMILES string of the molecule is CC(C)[C@H](C(=O)O)N1C(=O)/C(=C/c2ccccn2)SC1=S. The minimum absolute atomic E-state index is 0.237. The van der Waals surface area contributed by atoms with Crippen LogP contribution in [0.1, 0.15) is 19.5 Å². The molecule has 1 fully saturated rings. The lowest BCUT2D eigenvalue weighted by Crippen LogP contribution is -2.47. The van der Waals surface area contributed by atoms with Gasteiger partial charge in [0.2, 0.25) is 0 Å². The van der Waals surface area contributed by atoms with Crippen LogP contribution in [0.25, 0.3) is 6.08 Å². The van der Waals surface area contributed by atoms with Crippen LogP contribution in [-0.4, -0.2) is 37.2 Å². The van der Waals surface area contributed by atoms with Crippen LogP contribution in [0.5, 0.6) is 0 Å². The fourth-order valence-corrected chi connectivity index (χ4v) is 3.32. The van der Waals surface area contributed by atoms with E-state index in [-0.39, 0.29) is 16.1 Å². The summed E-state index contributed by atoms with van der Waals surface area (Å²) in [6.07, 6.45) is 3.25. The Balaban J connectivity index is 2.32. The van der Waals surface area contributed by atoms with Crippen molar-refractivity contribution in [3.05, 3.63) is 35.0 Å². The predicted molar refractivity (Wildman–Crippen MR) is 85.5 cm³/mol. The lowest BCUT2D eigenvalue weighted by atomic mass is 10.0. The average Bonchev–Trinajstić information content (AvgIpc) is 2.67. The summed E-state index contributed by atoms with van der Waals surface area (Å²) in [5, 5.41) is 9.32. The second kappa shape index (κ2) is 6.36. The van der Waals surface area contributed by atoms with Crippen LogP contribution in [-0.2, 0) is 9.59 Å². The van der Waals surface area contributed by atoms with E-state index >= 15 is 0 Å². The number of carbonyl (C=O) groups is 2. The number of hydrogen-bond acceptors (Lipinski definition) is 5. The first-order valence-corrected chi connectivity index (χ1v) is 7.55. The van der Waals surface area contributed by atoms with E-state index in [1.807, 2.05) is 6.07 Å². The molecule has 0 spiro atoms. The van der Waals surface area contributed by atoms with Gasteiger partial charge in [0.25, 0.3) is 5.91 Å². The molecule has 1 aromatic heterocycles. The molecule has 1 aliphatic heterocycles. The molecule has 0 saturated carbocycles. The minimum Gasteiger partial charge on any atom is -0.480 e. The summed E-state index contributed by atoms with van der Waals surface area (Å²) < 4.78 is 0.267. The molecule has 2 heterocycles. The number of carbonyl (C=O) groups excluding carboxylic acids is 1. The highest BCUT2D eigenvalue weighted by Crippen LogP contribution is 2.35. The highest BCUT2D eigenvalue weighted by atomic mass is 32.2. The fraction of sp³-hybridized carbons (Fsp3) is 0.286. The molecule has 7 heteroatoms. The van der Waals surface area contributed by atoms with E-state index in [1.54, 1.807) is 38.3 Å². The average molecular weight is 322 g/mol. The van der Waals surface area contributed by atoms with Gasteiger partial charge in [0.05, 0.1) is 10.6 Å². The van der Waals surface area contributed by atoms with Gasteiger partial charge in [-0.1, -0.05) is 43.9 Å². The molecule has 110 valence electrons. The summed E-state index contributed by atoms with van der Waals surface area (Å²) in [4.78, 5) is 29.5. The molecular formula is C14H14N2O3S2. The van der Waals surface area contributed by atoms with E-state index in [4.69, 9.17) is 12.2 Å². The lowest BCUT2D eigenvalue weighted by Gasteiger charge is -2.26. The highest BCUT2D eigenvalue weighted by Gasteiger charge is 2.41. The molecule has 0 aliphatic carbocycles. The van der Waals surface area contributed by atoms with Gasteiger partial charge in [-0.2, -0.15) is 0 Å². The molecular weight excluding hydrogens is 308 g/mol. The molecule has 1 saturated heterocycles. The molecule has 0 unspecified atom stereocenters. The number of nitrogens with zero attached hydrogens (tertiary/aromatic N) is 2. The molecule has 1 aliphatic rings. The van der Waals surface area contributed by atoms with Crippen molar-refractivity contribution in [3.63, 3.8) is 0 Å². The first-order valence-electron chi connectivity index (χ1n) is 6.32. The zero-order valence-electron chi connectivity index (χ0n) is 11.5. The van der Waals surface area contributed by atoms with Gasteiger partial charge in [0, 0.05) is 6.20 Å². The third-order valence-electron chi connectivity index (χ3n) is 2.95. The maximum atomic E-state index is 12.4. The van der Waals surface area contributed by atoms with E-state index in [9.17, 15) is 14.7 Å². The number of thiocarbonyl (C=S) groups is 1. The Labute approximate surface area is 132 Å². The molecule has 0 aromatic carbocycles. The number of carboxylic acids is 1. The van der Waals surface area contributed by atoms with Gasteiger partial charge in [0.1, 0.15) is 10.4 Å². The summed E-state index contributed by atoms with van der Waals surface area (Å²) in [6, 6.07) is 4.41. The highest BCUT2D eigenvalue weighted by molar-refractivity contribution is 8.26. The van der Waals surface area contributed by atoms with Gasteiger partial charge in [-0.25, -0.2) is 4.79 Å². The molecule has 1 aromatic rings. The summed E-state index contributed by atoms with van der Waals surface area (Å²) >= 11 is 6.27. The van der Waals surface area contributed by atoms with E-state index in [0.29, 0.717) is 10.6 Å². The maximum Gasteiger partial charge on any atom is 0.327 e. The van der Waals surface area contributed by atoms with Gasteiger partial charge in [-0.05, 0) is 24.1 Å². The zero-order valence-corrected chi connectivity index (χ0v) is 13.1. The normalized spacial score (nSPS) is 18.6. The number of pyridine rings is 1. The van der Waals surface area contributed by atoms with Crippen molar-refractivity contribution in [2.24, 2.45) is 5.92 Å². The molecule has 5 nitrogen and oxygen atoms in total. The molecule has 1 atom stereocenters. The van der Waals surface area contributed by atoms with Crippen molar-refractivity contribution >= 4 is 46.3 Å². The van der Waals surface area contributed by atoms with Crippen LogP contribution < -0.4 is 0 Å². The molecule has 2 rings (SSSR count). The van der Waals surface area contributed by atoms with E-state index < -0.39 is 12.0 Å². The maximum absolute atomic E-state index is 12.4. The first-order chi connectivity index (χ1) is 9.91. The second-order valence-electron chi connectivity index (χ2n) is 4.83. The van der Waals surface area contributed by atoms with Gasteiger partial charge < -0.3 is 5.11 Å². The van der Waals surface area contributed by atoms with Crippen LogP contribution in [0.15, 0.2) is 29.3 Å². The molecule has 1 amide bonds. The van der Waals surface area contributed by atoms with Gasteiger partial charge in [-0.3, -0.25) is 14.7 Å². The van der Waals surface area contributed by atoms with Crippen molar-refractivity contribution < 1.29 is 14.7 Å². The number of aliphatic carboxylic acids is 1. The number of carboxylic acid groups (broad SMARTS) is 1. The Morgan fingerprint density at radius 1 is 1.48 bits per heavy atom. The Bertz CT molecular complexity index is 614. The quantitative estimate of drug-likeness (QED) is 0.678. The summed E-state index contributed by atoms with van der Waals surface area (Å²) in [6.45, 7) is 3.50. The standard InChI is InChI=1S/C14H14N2O3S2/c1-8(2)11(13(18)19)16-12(17)10(21-14(16)20)7-9-5-3-4-6-15-9/h3-8,11H,1-2H3,(H,18,19)/b10-7-/t11-/m1/s1. The topological polar surface area (TPSA) is 70.5 Å². The Morgan fingerprint density at radius 3 is 2.71 bits per heavy atom. The van der Waals surface area contributed by atoms with Crippen LogP contribution in [0.4, 0.5) is 0 Å². The number of aromatic nitrogens is 1.